The van der Waals surface area contributed by atoms with Crippen molar-refractivity contribution in [3.05, 3.63) is 11.6 Å². The Morgan fingerprint density at radius 2 is 1.88 bits per heavy atom. The van der Waals surface area contributed by atoms with Crippen LogP contribution in [-0.4, -0.2) is 31.9 Å². The zero-order chi connectivity index (χ0) is 12.6. The number of methoxy groups -OCH3 is 2. The summed E-state index contributed by atoms with van der Waals surface area (Å²) in [5.74, 6) is -1.10. The third-order valence-electron chi connectivity index (χ3n) is 3.57. The summed E-state index contributed by atoms with van der Waals surface area (Å²) in [6.45, 7) is 0. The molecule has 0 spiro atoms. The van der Waals surface area contributed by atoms with Gasteiger partial charge in [-0.25, -0.2) is 0 Å². The zero-order valence-electron chi connectivity index (χ0n) is 9.82. The topological polar surface area (TPSA) is 69.7 Å². The molecule has 2 rings (SSSR count). The molecule has 0 N–H and O–H groups in total. The van der Waals surface area contributed by atoms with Crippen LogP contribution in [0.25, 0.3) is 0 Å². The SMILES string of the molecule is COC(=O)C1(C(=O)OC)CC2=CC(=O)C[C@H]2C1. The van der Waals surface area contributed by atoms with Crippen LogP contribution in [-0.2, 0) is 23.9 Å². The number of carbonyl (C=O) groups excluding carboxylic acids is 3. The second kappa shape index (κ2) is 3.98. The van der Waals surface area contributed by atoms with Gasteiger partial charge in [0.15, 0.2) is 11.2 Å². The molecule has 0 heterocycles. The van der Waals surface area contributed by atoms with E-state index in [-0.39, 0.29) is 18.1 Å². The summed E-state index contributed by atoms with van der Waals surface area (Å²) < 4.78 is 9.40. The lowest BCUT2D eigenvalue weighted by atomic mass is 9.84. The van der Waals surface area contributed by atoms with Gasteiger partial charge in [-0.05, 0) is 24.8 Å². The van der Waals surface area contributed by atoms with E-state index in [1.807, 2.05) is 0 Å². The number of esters is 2. The van der Waals surface area contributed by atoms with Gasteiger partial charge in [-0.2, -0.15) is 0 Å². The lowest BCUT2D eigenvalue weighted by Gasteiger charge is -2.22. The molecule has 2 aliphatic rings. The molecular weight excluding hydrogens is 224 g/mol. The number of ketones is 1. The fourth-order valence-corrected chi connectivity index (χ4v) is 2.78. The smallest absolute Gasteiger partial charge is 0.323 e. The second-order valence-corrected chi connectivity index (χ2v) is 4.53. The van der Waals surface area contributed by atoms with E-state index in [9.17, 15) is 14.4 Å². The fourth-order valence-electron chi connectivity index (χ4n) is 2.78. The Bertz CT molecular complexity index is 405. The standard InChI is InChI=1S/C12H14O5/c1-16-10(14)12(11(15)17-2)5-7-3-9(13)4-8(7)6-12/h3,8H,4-6H2,1-2H3/t8-/m0/s1. The summed E-state index contributed by atoms with van der Waals surface area (Å²) in [6.07, 6.45) is 2.47. The largest absolute Gasteiger partial charge is 0.468 e. The van der Waals surface area contributed by atoms with Gasteiger partial charge in [0.2, 0.25) is 0 Å². The van der Waals surface area contributed by atoms with Crippen molar-refractivity contribution in [1.82, 2.24) is 0 Å². The molecule has 17 heavy (non-hydrogen) atoms. The Morgan fingerprint density at radius 1 is 1.29 bits per heavy atom. The number of fused-ring (bicyclic) bond motifs is 1. The van der Waals surface area contributed by atoms with Crippen molar-refractivity contribution < 1.29 is 23.9 Å². The van der Waals surface area contributed by atoms with Crippen LogP contribution in [0.2, 0.25) is 0 Å². The molecule has 5 nitrogen and oxygen atoms in total. The number of rotatable bonds is 2. The molecule has 1 atom stereocenters. The minimum absolute atomic E-state index is 0.0132. The maximum absolute atomic E-state index is 11.8. The van der Waals surface area contributed by atoms with Crippen molar-refractivity contribution >= 4 is 17.7 Å². The first kappa shape index (κ1) is 11.8. The molecule has 0 radical (unpaired) electrons. The van der Waals surface area contributed by atoms with Crippen LogP contribution < -0.4 is 0 Å². The van der Waals surface area contributed by atoms with Gasteiger partial charge < -0.3 is 9.47 Å². The normalized spacial score (nSPS) is 25.2. The molecule has 0 aromatic rings. The molecule has 0 aromatic heterocycles. The van der Waals surface area contributed by atoms with Crippen LogP contribution in [0.5, 0.6) is 0 Å². The quantitative estimate of drug-likeness (QED) is 0.521. The Hall–Kier alpha value is -1.65. The first-order valence-corrected chi connectivity index (χ1v) is 5.43. The van der Waals surface area contributed by atoms with E-state index in [1.54, 1.807) is 0 Å². The molecule has 0 aromatic carbocycles. The average molecular weight is 238 g/mol. The second-order valence-electron chi connectivity index (χ2n) is 4.53. The van der Waals surface area contributed by atoms with Crippen molar-refractivity contribution in [2.24, 2.45) is 11.3 Å². The Morgan fingerprint density at radius 3 is 2.35 bits per heavy atom. The summed E-state index contributed by atoms with van der Waals surface area (Å²) in [4.78, 5) is 34.9. The number of hydrogen-bond acceptors (Lipinski definition) is 5. The third kappa shape index (κ3) is 1.66. The summed E-state index contributed by atoms with van der Waals surface area (Å²) in [5.41, 5.74) is -0.383. The summed E-state index contributed by atoms with van der Waals surface area (Å²) in [5, 5.41) is 0. The van der Waals surface area contributed by atoms with Crippen LogP contribution >= 0.6 is 0 Å². The molecule has 1 saturated carbocycles. The van der Waals surface area contributed by atoms with Crippen LogP contribution in [0.15, 0.2) is 11.6 Å². The fraction of sp³-hybridized carbons (Fsp3) is 0.583. The monoisotopic (exact) mass is 238 g/mol. The highest BCUT2D eigenvalue weighted by Gasteiger charge is 2.56. The van der Waals surface area contributed by atoms with Gasteiger partial charge in [0.1, 0.15) is 0 Å². The minimum Gasteiger partial charge on any atom is -0.468 e. The zero-order valence-corrected chi connectivity index (χ0v) is 9.82. The predicted octanol–water partition coefficient (Wildman–Crippen LogP) is 0.628. The summed E-state index contributed by atoms with van der Waals surface area (Å²) >= 11 is 0. The summed E-state index contributed by atoms with van der Waals surface area (Å²) in [6, 6.07) is 0. The highest BCUT2D eigenvalue weighted by atomic mass is 16.5. The highest BCUT2D eigenvalue weighted by Crippen LogP contribution is 2.50. The Balaban J connectivity index is 2.33. The number of ether oxygens (including phenoxy) is 2. The first-order valence-electron chi connectivity index (χ1n) is 5.43. The van der Waals surface area contributed by atoms with Gasteiger partial charge in [-0.3, -0.25) is 14.4 Å². The van der Waals surface area contributed by atoms with Crippen molar-refractivity contribution in [2.45, 2.75) is 19.3 Å². The predicted molar refractivity (Wildman–Crippen MR) is 56.9 cm³/mol. The highest BCUT2D eigenvalue weighted by molar-refractivity contribution is 6.02. The summed E-state index contributed by atoms with van der Waals surface area (Å²) in [7, 11) is 2.50. The van der Waals surface area contributed by atoms with Gasteiger partial charge in [0, 0.05) is 6.42 Å². The van der Waals surface area contributed by atoms with Gasteiger partial charge in [0.25, 0.3) is 0 Å². The van der Waals surface area contributed by atoms with E-state index in [0.29, 0.717) is 12.8 Å². The number of allylic oxidation sites excluding steroid dienone is 2. The average Bonchev–Trinajstić information content (AvgIpc) is 2.81. The van der Waals surface area contributed by atoms with Crippen LogP contribution in [0.3, 0.4) is 0 Å². The van der Waals surface area contributed by atoms with Gasteiger partial charge >= 0.3 is 11.9 Å². The molecule has 0 saturated heterocycles. The van der Waals surface area contributed by atoms with Crippen molar-refractivity contribution in [2.75, 3.05) is 14.2 Å². The third-order valence-corrected chi connectivity index (χ3v) is 3.57. The molecule has 2 aliphatic carbocycles. The van der Waals surface area contributed by atoms with E-state index in [0.717, 1.165) is 5.57 Å². The van der Waals surface area contributed by atoms with Crippen LogP contribution in [0.1, 0.15) is 19.3 Å². The van der Waals surface area contributed by atoms with E-state index in [4.69, 9.17) is 9.47 Å². The van der Waals surface area contributed by atoms with Gasteiger partial charge in [-0.1, -0.05) is 5.57 Å². The van der Waals surface area contributed by atoms with E-state index >= 15 is 0 Å². The van der Waals surface area contributed by atoms with Gasteiger partial charge in [0.05, 0.1) is 14.2 Å². The Labute approximate surface area is 98.8 Å². The lowest BCUT2D eigenvalue weighted by Crippen LogP contribution is -2.39. The molecule has 1 fully saturated rings. The number of carbonyl (C=O) groups is 3. The molecule has 0 amide bonds. The molecular formula is C12H14O5. The maximum atomic E-state index is 11.8. The Kier molecular flexibility index (Phi) is 2.77. The van der Waals surface area contributed by atoms with Crippen molar-refractivity contribution in [3.63, 3.8) is 0 Å². The van der Waals surface area contributed by atoms with E-state index in [1.165, 1.54) is 20.3 Å². The van der Waals surface area contributed by atoms with E-state index < -0.39 is 17.4 Å². The number of hydrogen-bond donors (Lipinski definition) is 0. The minimum atomic E-state index is -1.25. The van der Waals surface area contributed by atoms with Crippen molar-refractivity contribution in [1.29, 1.82) is 0 Å². The molecule has 0 bridgehead atoms. The lowest BCUT2D eigenvalue weighted by molar-refractivity contribution is -0.168. The molecule has 5 heteroatoms. The molecule has 0 unspecified atom stereocenters. The van der Waals surface area contributed by atoms with Crippen LogP contribution in [0, 0.1) is 11.3 Å². The van der Waals surface area contributed by atoms with E-state index in [2.05, 4.69) is 0 Å². The van der Waals surface area contributed by atoms with Crippen molar-refractivity contribution in [3.8, 4) is 0 Å². The van der Waals surface area contributed by atoms with Gasteiger partial charge in [-0.15, -0.1) is 0 Å². The molecule has 92 valence electrons. The maximum Gasteiger partial charge on any atom is 0.323 e. The first-order chi connectivity index (χ1) is 8.03. The van der Waals surface area contributed by atoms with Crippen LogP contribution in [0.4, 0.5) is 0 Å². The molecule has 0 aliphatic heterocycles.